The van der Waals surface area contributed by atoms with Gasteiger partial charge in [-0.15, -0.1) is 0 Å². The highest BCUT2D eigenvalue weighted by molar-refractivity contribution is 6.22. The fourth-order valence-electron chi connectivity index (χ4n) is 3.87. The first-order valence-corrected chi connectivity index (χ1v) is 8.90. The Balaban J connectivity index is 1.68. The van der Waals surface area contributed by atoms with E-state index in [-0.39, 0.29) is 17.5 Å². The molecular weight excluding hydrogens is 328 g/mol. The lowest BCUT2D eigenvalue weighted by molar-refractivity contribution is 0.0544. The van der Waals surface area contributed by atoms with Gasteiger partial charge in [0, 0.05) is 12.1 Å². The molecule has 1 saturated heterocycles. The first-order chi connectivity index (χ1) is 12.5. The van der Waals surface area contributed by atoms with E-state index in [9.17, 15) is 14.4 Å². The average Bonchev–Trinajstić information content (AvgIpc) is 2.95. The molecule has 2 atom stereocenters. The summed E-state index contributed by atoms with van der Waals surface area (Å²) in [5, 5.41) is 2.27. The van der Waals surface area contributed by atoms with Gasteiger partial charge >= 0.3 is 0 Å². The predicted molar refractivity (Wildman–Crippen MR) is 96.9 cm³/mol. The van der Waals surface area contributed by atoms with Crippen LogP contribution in [-0.4, -0.2) is 29.2 Å². The summed E-state index contributed by atoms with van der Waals surface area (Å²) in [6.07, 6.45) is 1.99. The second kappa shape index (κ2) is 6.41. The van der Waals surface area contributed by atoms with Crippen LogP contribution in [0.3, 0.4) is 0 Å². The Labute approximate surface area is 152 Å². The lowest BCUT2D eigenvalue weighted by Gasteiger charge is -2.39. The molecule has 2 aromatic carbocycles. The molecule has 1 fully saturated rings. The topological polar surface area (TPSA) is 66.5 Å². The molecule has 0 spiro atoms. The van der Waals surface area contributed by atoms with E-state index in [1.54, 1.807) is 18.2 Å². The second-order valence-corrected chi connectivity index (χ2v) is 7.11. The minimum Gasteiger partial charge on any atom is -0.331 e. The summed E-state index contributed by atoms with van der Waals surface area (Å²) in [7, 11) is 0. The van der Waals surface area contributed by atoms with Crippen LogP contribution in [0.5, 0.6) is 0 Å². The van der Waals surface area contributed by atoms with Crippen molar-refractivity contribution in [2.24, 2.45) is 5.92 Å². The third-order valence-electron chi connectivity index (χ3n) is 5.25. The Bertz CT molecular complexity index is 891. The summed E-state index contributed by atoms with van der Waals surface area (Å²) in [6, 6.07) is 14.8. The molecule has 2 aromatic rings. The van der Waals surface area contributed by atoms with Crippen LogP contribution >= 0.6 is 0 Å². The molecule has 3 amide bonds. The van der Waals surface area contributed by atoms with Crippen LogP contribution in [0.2, 0.25) is 0 Å². The van der Waals surface area contributed by atoms with Gasteiger partial charge in [0.15, 0.2) is 0 Å². The fraction of sp³-hybridized carbons (Fsp3) is 0.286. The molecule has 132 valence electrons. The van der Waals surface area contributed by atoms with E-state index in [0.717, 1.165) is 18.4 Å². The third-order valence-corrected chi connectivity index (χ3v) is 5.25. The van der Waals surface area contributed by atoms with Gasteiger partial charge in [-0.3, -0.25) is 19.7 Å². The van der Waals surface area contributed by atoms with Crippen LogP contribution in [-0.2, 0) is 0 Å². The van der Waals surface area contributed by atoms with Crippen molar-refractivity contribution in [3.8, 4) is 0 Å². The van der Waals surface area contributed by atoms with Gasteiger partial charge in [-0.1, -0.05) is 37.3 Å². The number of piperidine rings is 1. The zero-order chi connectivity index (χ0) is 18.3. The monoisotopic (exact) mass is 348 g/mol. The number of hydrogen-bond acceptors (Lipinski definition) is 3. The number of imide groups is 1. The lowest BCUT2D eigenvalue weighted by atomic mass is 9.89. The highest BCUT2D eigenvalue weighted by Crippen LogP contribution is 2.34. The van der Waals surface area contributed by atoms with Crippen molar-refractivity contribution >= 4 is 17.7 Å². The molecule has 5 nitrogen and oxygen atoms in total. The largest absolute Gasteiger partial charge is 0.331 e. The standard InChI is InChI=1S/C21H20N2O3/c1-13-7-10-18(14-5-3-2-4-6-14)23(12-13)21(26)15-8-9-16-17(11-15)20(25)22-19(16)24/h2-6,8-9,11,13,18H,7,10,12H2,1H3,(H,22,24,25). The summed E-state index contributed by atoms with van der Waals surface area (Å²) in [6.45, 7) is 2.83. The van der Waals surface area contributed by atoms with Crippen molar-refractivity contribution in [1.29, 1.82) is 0 Å². The van der Waals surface area contributed by atoms with Gasteiger partial charge in [0.1, 0.15) is 0 Å². The molecule has 1 N–H and O–H groups in total. The van der Waals surface area contributed by atoms with E-state index < -0.39 is 11.8 Å². The van der Waals surface area contributed by atoms with E-state index in [1.165, 1.54) is 0 Å². The smallest absolute Gasteiger partial charge is 0.258 e. The zero-order valence-corrected chi connectivity index (χ0v) is 14.6. The van der Waals surface area contributed by atoms with E-state index in [0.29, 0.717) is 23.6 Å². The van der Waals surface area contributed by atoms with Crippen LogP contribution in [0.15, 0.2) is 48.5 Å². The van der Waals surface area contributed by atoms with Crippen LogP contribution in [0.1, 0.15) is 62.4 Å². The highest BCUT2D eigenvalue weighted by atomic mass is 16.2. The maximum Gasteiger partial charge on any atom is 0.258 e. The fourth-order valence-corrected chi connectivity index (χ4v) is 3.87. The van der Waals surface area contributed by atoms with Crippen LogP contribution in [0.4, 0.5) is 0 Å². The molecule has 2 unspecified atom stereocenters. The molecule has 2 aliphatic heterocycles. The van der Waals surface area contributed by atoms with E-state index in [2.05, 4.69) is 24.4 Å². The van der Waals surface area contributed by atoms with Gasteiger partial charge in [-0.2, -0.15) is 0 Å². The van der Waals surface area contributed by atoms with Crippen molar-refractivity contribution in [1.82, 2.24) is 10.2 Å². The van der Waals surface area contributed by atoms with Crippen LogP contribution < -0.4 is 5.32 Å². The number of amides is 3. The number of nitrogens with one attached hydrogen (secondary N) is 1. The number of fused-ring (bicyclic) bond motifs is 1. The maximum atomic E-state index is 13.2. The van der Waals surface area contributed by atoms with Gasteiger partial charge < -0.3 is 4.90 Å². The van der Waals surface area contributed by atoms with Gasteiger partial charge in [-0.05, 0) is 42.5 Å². The van der Waals surface area contributed by atoms with Crippen molar-refractivity contribution in [2.75, 3.05) is 6.54 Å². The Hall–Kier alpha value is -2.95. The van der Waals surface area contributed by atoms with Gasteiger partial charge in [0.05, 0.1) is 17.2 Å². The molecule has 0 saturated carbocycles. The number of hydrogen-bond donors (Lipinski definition) is 1. The average molecular weight is 348 g/mol. The molecule has 2 heterocycles. The number of benzene rings is 2. The number of likely N-dealkylation sites (tertiary alicyclic amines) is 1. The van der Waals surface area contributed by atoms with E-state index in [1.807, 2.05) is 23.1 Å². The Kier molecular flexibility index (Phi) is 4.07. The molecule has 0 radical (unpaired) electrons. The predicted octanol–water partition coefficient (Wildman–Crippen LogP) is 3.18. The maximum absolute atomic E-state index is 13.2. The van der Waals surface area contributed by atoms with Crippen molar-refractivity contribution < 1.29 is 14.4 Å². The molecule has 4 rings (SSSR count). The Morgan fingerprint density at radius 3 is 2.50 bits per heavy atom. The summed E-state index contributed by atoms with van der Waals surface area (Å²) >= 11 is 0. The van der Waals surface area contributed by atoms with E-state index >= 15 is 0 Å². The van der Waals surface area contributed by atoms with Gasteiger partial charge in [0.2, 0.25) is 0 Å². The minimum absolute atomic E-state index is 0.0311. The molecule has 2 aliphatic rings. The Morgan fingerprint density at radius 2 is 1.73 bits per heavy atom. The summed E-state index contributed by atoms with van der Waals surface area (Å²) in [5.41, 5.74) is 2.19. The van der Waals surface area contributed by atoms with Crippen molar-refractivity contribution in [2.45, 2.75) is 25.8 Å². The number of carbonyl (C=O) groups is 3. The van der Waals surface area contributed by atoms with Crippen LogP contribution in [0.25, 0.3) is 0 Å². The first-order valence-electron chi connectivity index (χ1n) is 8.90. The normalized spacial score (nSPS) is 22.1. The second-order valence-electron chi connectivity index (χ2n) is 7.11. The molecule has 0 bridgehead atoms. The third kappa shape index (κ3) is 2.79. The van der Waals surface area contributed by atoms with Crippen molar-refractivity contribution in [3.63, 3.8) is 0 Å². The molecular formula is C21H20N2O3. The summed E-state index contributed by atoms with van der Waals surface area (Å²) in [4.78, 5) is 38.7. The SMILES string of the molecule is CC1CCC(c2ccccc2)N(C(=O)c2ccc3c(c2)C(=O)NC3=O)C1. The quantitative estimate of drug-likeness (QED) is 0.848. The molecule has 26 heavy (non-hydrogen) atoms. The van der Waals surface area contributed by atoms with Gasteiger partial charge in [-0.25, -0.2) is 0 Å². The zero-order valence-electron chi connectivity index (χ0n) is 14.6. The van der Waals surface area contributed by atoms with Crippen molar-refractivity contribution in [3.05, 3.63) is 70.8 Å². The number of nitrogens with zero attached hydrogens (tertiary/aromatic N) is 1. The van der Waals surface area contributed by atoms with Gasteiger partial charge in [0.25, 0.3) is 17.7 Å². The van der Waals surface area contributed by atoms with E-state index in [4.69, 9.17) is 0 Å². The summed E-state index contributed by atoms with van der Waals surface area (Å²) in [5.74, 6) is -0.511. The molecule has 0 aliphatic carbocycles. The number of carbonyl (C=O) groups excluding carboxylic acids is 3. The molecule has 0 aromatic heterocycles. The first kappa shape index (κ1) is 16.5. The number of rotatable bonds is 2. The molecule has 5 heteroatoms. The minimum atomic E-state index is -0.439. The lowest BCUT2D eigenvalue weighted by Crippen LogP contribution is -2.41. The summed E-state index contributed by atoms with van der Waals surface area (Å²) < 4.78 is 0. The van der Waals surface area contributed by atoms with Crippen LogP contribution in [0, 0.1) is 5.92 Å². The highest BCUT2D eigenvalue weighted by Gasteiger charge is 2.33. The Morgan fingerprint density at radius 1 is 1.00 bits per heavy atom.